The zero-order valence-electron chi connectivity index (χ0n) is 10.8. The first-order valence-electron chi connectivity index (χ1n) is 6.16. The van der Waals surface area contributed by atoms with Crippen molar-refractivity contribution in [1.82, 2.24) is 4.72 Å². The van der Waals surface area contributed by atoms with E-state index in [1.54, 1.807) is 24.3 Å². The van der Waals surface area contributed by atoms with Gasteiger partial charge in [-0.25, -0.2) is 13.1 Å². The highest BCUT2D eigenvalue weighted by atomic mass is 32.2. The van der Waals surface area contributed by atoms with Crippen LogP contribution in [0.2, 0.25) is 0 Å². The molecule has 19 heavy (non-hydrogen) atoms. The average Bonchev–Trinajstić information content (AvgIpc) is 3.06. The molecule has 0 atom stereocenters. The van der Waals surface area contributed by atoms with Crippen molar-refractivity contribution in [2.24, 2.45) is 11.1 Å². The Morgan fingerprint density at radius 1 is 1.42 bits per heavy atom. The monoisotopic (exact) mass is 298 g/mol. The van der Waals surface area contributed by atoms with Gasteiger partial charge in [-0.2, -0.15) is 0 Å². The maximum atomic E-state index is 12.1. The van der Waals surface area contributed by atoms with Crippen molar-refractivity contribution in [3.8, 4) is 0 Å². The van der Waals surface area contributed by atoms with Gasteiger partial charge in [0, 0.05) is 12.1 Å². The van der Waals surface area contributed by atoms with Crippen LogP contribution in [0.3, 0.4) is 0 Å². The number of hydrogen-bond acceptors (Lipinski definition) is 3. The minimum atomic E-state index is -3.35. The summed E-state index contributed by atoms with van der Waals surface area (Å²) in [7, 11) is -3.35. The average molecular weight is 298 g/mol. The number of hydrogen-bond donors (Lipinski definition) is 2. The lowest BCUT2D eigenvalue weighted by molar-refractivity contribution is 0.530. The maximum Gasteiger partial charge on any atom is 0.215 e. The van der Waals surface area contributed by atoms with E-state index in [1.807, 2.05) is 0 Å². The number of rotatable bonds is 6. The Labute approximate surface area is 119 Å². The van der Waals surface area contributed by atoms with Crippen molar-refractivity contribution in [3.05, 3.63) is 35.4 Å². The molecule has 4 nitrogen and oxygen atoms in total. The van der Waals surface area contributed by atoms with Crippen molar-refractivity contribution in [1.29, 1.82) is 0 Å². The van der Waals surface area contributed by atoms with Gasteiger partial charge in [0.1, 0.15) is 4.99 Å². The fourth-order valence-corrected chi connectivity index (χ4v) is 3.35. The predicted octanol–water partition coefficient (Wildman–Crippen LogP) is 1.54. The van der Waals surface area contributed by atoms with Gasteiger partial charge in [-0.15, -0.1) is 0 Å². The lowest BCUT2D eigenvalue weighted by atomic mass is 10.1. The third-order valence-corrected chi connectivity index (χ3v) is 4.95. The summed E-state index contributed by atoms with van der Waals surface area (Å²) in [6.07, 6.45) is 2.16. The standard InChI is InChI=1S/C13H18N2O2S2/c1-13(6-7-13)9-15-19(16,17)8-10-4-2-3-5-11(10)12(14)18/h2-5,15H,6-9H2,1H3,(H2,14,18). The number of thiocarbonyl (C=S) groups is 1. The van der Waals surface area contributed by atoms with Crippen molar-refractivity contribution in [2.45, 2.75) is 25.5 Å². The fraction of sp³-hybridized carbons (Fsp3) is 0.462. The van der Waals surface area contributed by atoms with Gasteiger partial charge in [0.2, 0.25) is 10.0 Å². The molecule has 0 bridgehead atoms. The van der Waals surface area contributed by atoms with Gasteiger partial charge in [0.25, 0.3) is 0 Å². The van der Waals surface area contributed by atoms with Crippen LogP contribution in [-0.2, 0) is 15.8 Å². The smallest absolute Gasteiger partial charge is 0.215 e. The first kappa shape index (κ1) is 14.4. The Balaban J connectivity index is 2.09. The second-order valence-electron chi connectivity index (χ2n) is 5.41. The number of benzene rings is 1. The van der Waals surface area contributed by atoms with Crippen LogP contribution in [0.25, 0.3) is 0 Å². The van der Waals surface area contributed by atoms with Crippen LogP contribution in [0, 0.1) is 5.41 Å². The summed E-state index contributed by atoms with van der Waals surface area (Å²) in [6, 6.07) is 7.07. The highest BCUT2D eigenvalue weighted by molar-refractivity contribution is 7.88. The molecule has 0 aromatic heterocycles. The quantitative estimate of drug-likeness (QED) is 0.782. The molecule has 1 aliphatic carbocycles. The van der Waals surface area contributed by atoms with Gasteiger partial charge < -0.3 is 5.73 Å². The highest BCUT2D eigenvalue weighted by Gasteiger charge is 2.37. The molecule has 6 heteroatoms. The van der Waals surface area contributed by atoms with Crippen LogP contribution in [-0.4, -0.2) is 20.0 Å². The summed E-state index contributed by atoms with van der Waals surface area (Å²) in [5.74, 6) is -0.0867. The van der Waals surface area contributed by atoms with Gasteiger partial charge in [-0.1, -0.05) is 43.4 Å². The molecule has 0 unspecified atom stereocenters. The summed E-state index contributed by atoms with van der Waals surface area (Å²) in [5.41, 5.74) is 7.02. The topological polar surface area (TPSA) is 72.2 Å². The lowest BCUT2D eigenvalue weighted by Crippen LogP contribution is -2.30. The second kappa shape index (κ2) is 5.19. The van der Waals surface area contributed by atoms with Gasteiger partial charge >= 0.3 is 0 Å². The number of nitrogens with one attached hydrogen (secondary N) is 1. The molecule has 1 fully saturated rings. The summed E-state index contributed by atoms with van der Waals surface area (Å²) >= 11 is 4.94. The summed E-state index contributed by atoms with van der Waals surface area (Å²) in [4.78, 5) is 0.222. The molecule has 104 valence electrons. The van der Waals surface area contributed by atoms with E-state index >= 15 is 0 Å². The van der Waals surface area contributed by atoms with Crippen molar-refractivity contribution < 1.29 is 8.42 Å². The molecular formula is C13H18N2O2S2. The summed E-state index contributed by atoms with van der Waals surface area (Å²) in [5, 5.41) is 0. The van der Waals surface area contributed by atoms with E-state index in [2.05, 4.69) is 11.6 Å². The van der Waals surface area contributed by atoms with Crippen LogP contribution in [0.4, 0.5) is 0 Å². The molecule has 3 N–H and O–H groups in total. The third kappa shape index (κ3) is 3.99. The molecule has 1 aromatic rings. The fourth-order valence-electron chi connectivity index (χ4n) is 1.82. The number of sulfonamides is 1. The molecule has 0 spiro atoms. The largest absolute Gasteiger partial charge is 0.389 e. The predicted molar refractivity (Wildman–Crippen MR) is 80.3 cm³/mol. The minimum Gasteiger partial charge on any atom is -0.389 e. The van der Waals surface area contributed by atoms with Crippen LogP contribution in [0.15, 0.2) is 24.3 Å². The van der Waals surface area contributed by atoms with E-state index in [-0.39, 0.29) is 16.2 Å². The van der Waals surface area contributed by atoms with Crippen LogP contribution >= 0.6 is 12.2 Å². The van der Waals surface area contributed by atoms with E-state index in [1.165, 1.54) is 0 Å². The first-order valence-corrected chi connectivity index (χ1v) is 8.22. The van der Waals surface area contributed by atoms with Crippen LogP contribution < -0.4 is 10.5 Å². The van der Waals surface area contributed by atoms with E-state index in [0.717, 1.165) is 12.8 Å². The molecular weight excluding hydrogens is 280 g/mol. The van der Waals surface area contributed by atoms with Crippen molar-refractivity contribution in [2.75, 3.05) is 6.54 Å². The molecule has 0 amide bonds. The van der Waals surface area contributed by atoms with E-state index in [4.69, 9.17) is 18.0 Å². The summed E-state index contributed by atoms with van der Waals surface area (Å²) in [6.45, 7) is 2.59. The van der Waals surface area contributed by atoms with Gasteiger partial charge in [-0.05, 0) is 23.8 Å². The molecule has 2 rings (SSSR count). The zero-order valence-corrected chi connectivity index (χ0v) is 12.5. The van der Waals surface area contributed by atoms with E-state index < -0.39 is 10.0 Å². The number of nitrogens with two attached hydrogens (primary N) is 1. The molecule has 0 heterocycles. The van der Waals surface area contributed by atoms with Crippen LogP contribution in [0.5, 0.6) is 0 Å². The molecule has 0 radical (unpaired) electrons. The van der Waals surface area contributed by atoms with E-state index in [9.17, 15) is 8.42 Å². The second-order valence-corrected chi connectivity index (χ2v) is 7.66. The highest BCUT2D eigenvalue weighted by Crippen LogP contribution is 2.44. The molecule has 1 saturated carbocycles. The SMILES string of the molecule is CC1(CNS(=O)(=O)Cc2ccccc2C(N)=S)CC1. The van der Waals surface area contributed by atoms with Crippen LogP contribution in [0.1, 0.15) is 30.9 Å². The van der Waals surface area contributed by atoms with Gasteiger partial charge in [0.05, 0.1) is 5.75 Å². The van der Waals surface area contributed by atoms with E-state index in [0.29, 0.717) is 17.7 Å². The Kier molecular flexibility index (Phi) is 3.94. The molecule has 0 saturated heterocycles. The Morgan fingerprint density at radius 2 is 2.05 bits per heavy atom. The lowest BCUT2D eigenvalue weighted by Gasteiger charge is -2.12. The van der Waals surface area contributed by atoms with Gasteiger partial charge in [-0.3, -0.25) is 0 Å². The third-order valence-electron chi connectivity index (χ3n) is 3.45. The Bertz CT molecular complexity index is 592. The Morgan fingerprint density at radius 3 is 2.63 bits per heavy atom. The van der Waals surface area contributed by atoms with Crippen molar-refractivity contribution in [3.63, 3.8) is 0 Å². The Hall–Kier alpha value is -0.980. The normalized spacial score (nSPS) is 17.1. The molecule has 1 aromatic carbocycles. The molecule has 1 aliphatic rings. The maximum absolute atomic E-state index is 12.1. The zero-order chi connectivity index (χ0) is 14.1. The molecule has 0 aliphatic heterocycles. The minimum absolute atomic E-state index is 0.0867. The van der Waals surface area contributed by atoms with Crippen molar-refractivity contribution >= 4 is 27.2 Å². The summed E-state index contributed by atoms with van der Waals surface area (Å²) < 4.78 is 26.8. The van der Waals surface area contributed by atoms with Gasteiger partial charge in [0.15, 0.2) is 0 Å². The first-order chi connectivity index (χ1) is 8.81.